The third kappa shape index (κ3) is 4.62. The van der Waals surface area contributed by atoms with Crippen LogP contribution in [-0.2, 0) is 0 Å². The van der Waals surface area contributed by atoms with Gasteiger partial charge in [0.05, 0.1) is 12.8 Å². The van der Waals surface area contributed by atoms with Crippen LogP contribution < -0.4 is 9.41 Å². The van der Waals surface area contributed by atoms with Gasteiger partial charge in [-0.25, -0.2) is 0 Å². The molecule has 1 heterocycles. The first-order valence-electron chi connectivity index (χ1n) is 9.15. The molecule has 0 fully saturated rings. The fourth-order valence-electron chi connectivity index (χ4n) is 3.17. The van der Waals surface area contributed by atoms with Crippen LogP contribution in [0.1, 0.15) is 46.1 Å². The van der Waals surface area contributed by atoms with Gasteiger partial charge in [-0.1, -0.05) is 39.5 Å². The second-order valence-electron chi connectivity index (χ2n) is 5.83. The van der Waals surface area contributed by atoms with E-state index >= 15 is 0 Å². The average Bonchev–Trinajstić information content (AvgIpc) is 3.05. The quantitative estimate of drug-likeness (QED) is 0.659. The number of methoxy groups -OCH3 is 1. The summed E-state index contributed by atoms with van der Waals surface area (Å²) in [6, 6.07) is 3.57. The molecule has 1 N–H and O–H groups in total. The van der Waals surface area contributed by atoms with Crippen LogP contribution in [-0.4, -0.2) is 30.7 Å². The lowest BCUT2D eigenvalue weighted by Gasteiger charge is -2.28. The Kier molecular flexibility index (Phi) is 8.74. The lowest BCUT2D eigenvalue weighted by atomic mass is 10.1. The van der Waals surface area contributed by atoms with Crippen LogP contribution >= 0.6 is 9.39 Å². The summed E-state index contributed by atoms with van der Waals surface area (Å²) in [5.74, 6) is 0.581. The van der Waals surface area contributed by atoms with E-state index in [-0.39, 0.29) is 5.75 Å². The van der Waals surface area contributed by atoms with E-state index in [0.717, 1.165) is 36.3 Å². The van der Waals surface area contributed by atoms with Gasteiger partial charge in [0.15, 0.2) is 11.5 Å². The predicted molar refractivity (Wildman–Crippen MR) is 117 cm³/mol. The van der Waals surface area contributed by atoms with E-state index in [1.807, 2.05) is 38.6 Å². The Morgan fingerprint density at radius 2 is 2.08 bits per heavy atom. The molecule has 5 heteroatoms. The van der Waals surface area contributed by atoms with Crippen LogP contribution in [0.15, 0.2) is 42.1 Å². The molecular formula is C21H33N2O2P. The number of rotatable bonds is 6. The Balaban J connectivity index is 0.00000163. The summed E-state index contributed by atoms with van der Waals surface area (Å²) in [6.45, 7) is 13.5. The van der Waals surface area contributed by atoms with Gasteiger partial charge in [0.1, 0.15) is 0 Å². The molecule has 0 aromatic heterocycles. The third-order valence-electron chi connectivity index (χ3n) is 4.32. The number of benzene rings is 1. The minimum Gasteiger partial charge on any atom is -0.504 e. The molecule has 0 spiro atoms. The van der Waals surface area contributed by atoms with Crippen molar-refractivity contribution in [3.8, 4) is 11.5 Å². The molecule has 0 saturated carbocycles. The number of nitrogens with zero attached hydrogens (tertiary/aromatic N) is 2. The smallest absolute Gasteiger partial charge is 0.161 e. The van der Waals surface area contributed by atoms with Crippen molar-refractivity contribution in [3.05, 3.63) is 47.7 Å². The highest BCUT2D eigenvalue weighted by atomic mass is 31.0. The lowest BCUT2D eigenvalue weighted by Crippen LogP contribution is -2.18. The molecule has 0 saturated heterocycles. The first-order chi connectivity index (χ1) is 12.4. The Morgan fingerprint density at radius 1 is 1.42 bits per heavy atom. The van der Waals surface area contributed by atoms with Crippen molar-refractivity contribution >= 4 is 20.8 Å². The van der Waals surface area contributed by atoms with Crippen LogP contribution in [0.5, 0.6) is 11.5 Å². The minimum atomic E-state index is 0.126. The van der Waals surface area contributed by atoms with Crippen LogP contribution in [0, 0.1) is 0 Å². The normalized spacial score (nSPS) is 13.7. The molecule has 0 radical (unpaired) electrons. The van der Waals surface area contributed by atoms with E-state index in [2.05, 4.69) is 39.9 Å². The second kappa shape index (κ2) is 10.3. The molecular weight excluding hydrogens is 343 g/mol. The first-order valence-corrected chi connectivity index (χ1v) is 9.67. The number of hydrogen-bond acceptors (Lipinski definition) is 4. The Bertz CT molecular complexity index is 693. The zero-order chi connectivity index (χ0) is 19.9. The molecule has 4 nitrogen and oxygen atoms in total. The molecule has 1 unspecified atom stereocenters. The van der Waals surface area contributed by atoms with E-state index in [9.17, 15) is 5.11 Å². The molecule has 1 aromatic carbocycles. The molecule has 1 aliphatic heterocycles. The fourth-order valence-corrected chi connectivity index (χ4v) is 3.38. The van der Waals surface area contributed by atoms with Crippen molar-refractivity contribution in [2.45, 2.75) is 40.5 Å². The highest BCUT2D eigenvalue weighted by Crippen LogP contribution is 2.41. The summed E-state index contributed by atoms with van der Waals surface area (Å²) < 4.78 is 7.19. The SMILES string of the molecule is C=C(c1cc(OC)c(O)cc1N(C)P)N1CCC(/C=C\C)=C1CC.CC. The zero-order valence-electron chi connectivity index (χ0n) is 17.0. The van der Waals surface area contributed by atoms with Gasteiger partial charge in [0, 0.05) is 36.6 Å². The number of anilines is 1. The predicted octanol–water partition coefficient (Wildman–Crippen LogP) is 5.57. The molecule has 2 rings (SSSR count). The highest BCUT2D eigenvalue weighted by Gasteiger charge is 2.25. The summed E-state index contributed by atoms with van der Waals surface area (Å²) in [7, 11) is 6.11. The second-order valence-corrected chi connectivity index (χ2v) is 6.60. The minimum absolute atomic E-state index is 0.126. The maximum absolute atomic E-state index is 10.1. The molecule has 1 aromatic rings. The van der Waals surface area contributed by atoms with Crippen molar-refractivity contribution < 1.29 is 9.84 Å². The molecule has 1 atom stereocenters. The van der Waals surface area contributed by atoms with E-state index in [1.54, 1.807) is 13.2 Å². The van der Waals surface area contributed by atoms with Crippen LogP contribution in [0.25, 0.3) is 5.70 Å². The largest absolute Gasteiger partial charge is 0.504 e. The van der Waals surface area contributed by atoms with Gasteiger partial charge in [-0.3, -0.25) is 0 Å². The summed E-state index contributed by atoms with van der Waals surface area (Å²) >= 11 is 0. The van der Waals surface area contributed by atoms with Gasteiger partial charge in [0.2, 0.25) is 0 Å². The molecule has 0 bridgehead atoms. The van der Waals surface area contributed by atoms with Crippen LogP contribution in [0.4, 0.5) is 5.69 Å². The van der Waals surface area contributed by atoms with Gasteiger partial charge in [-0.15, -0.1) is 0 Å². The molecule has 26 heavy (non-hydrogen) atoms. The third-order valence-corrected chi connectivity index (χ3v) is 4.60. The van der Waals surface area contributed by atoms with Gasteiger partial charge in [-0.2, -0.15) is 0 Å². The van der Waals surface area contributed by atoms with Crippen molar-refractivity contribution in [2.75, 3.05) is 25.4 Å². The summed E-state index contributed by atoms with van der Waals surface area (Å²) in [5, 5.41) is 10.1. The zero-order valence-corrected chi connectivity index (χ0v) is 18.1. The monoisotopic (exact) mass is 376 g/mol. The van der Waals surface area contributed by atoms with Crippen LogP contribution in [0.3, 0.4) is 0 Å². The van der Waals surface area contributed by atoms with Crippen molar-refractivity contribution in [2.24, 2.45) is 0 Å². The fraction of sp³-hybridized carbons (Fsp3) is 0.429. The Labute approximate surface area is 161 Å². The number of phenols is 1. The molecule has 144 valence electrons. The summed E-state index contributed by atoms with van der Waals surface area (Å²) in [6.07, 6.45) is 6.25. The number of hydrogen-bond donors (Lipinski definition) is 1. The summed E-state index contributed by atoms with van der Waals surface area (Å²) in [5.41, 5.74) is 5.44. The van der Waals surface area contributed by atoms with E-state index in [4.69, 9.17) is 4.74 Å². The standard InChI is InChI=1S/C19H27N2O2P.C2H6/c1-6-8-14-9-10-21(16(14)7-2)13(3)15-11-19(23-5)18(22)12-17(15)20(4)24;1-2/h6,8,11-12,22H,3,7,9-10,24H2,1-2,4-5H3;1-2H3/b8-6-;. The van der Waals surface area contributed by atoms with E-state index < -0.39 is 0 Å². The Morgan fingerprint density at radius 3 is 2.58 bits per heavy atom. The first kappa shape index (κ1) is 22.1. The van der Waals surface area contributed by atoms with Gasteiger partial charge in [-0.05, 0) is 40.8 Å². The highest BCUT2D eigenvalue weighted by molar-refractivity contribution is 7.19. The van der Waals surface area contributed by atoms with E-state index in [0.29, 0.717) is 5.75 Å². The number of ether oxygens (including phenoxy) is 1. The average molecular weight is 376 g/mol. The Hall–Kier alpha value is -1.93. The number of phenolic OH excluding ortho intramolecular Hbond substituents is 1. The maximum Gasteiger partial charge on any atom is 0.161 e. The lowest BCUT2D eigenvalue weighted by molar-refractivity contribution is 0.373. The number of allylic oxidation sites excluding steroid dienone is 3. The van der Waals surface area contributed by atoms with Crippen molar-refractivity contribution in [1.82, 2.24) is 4.90 Å². The molecule has 1 aliphatic rings. The summed E-state index contributed by atoms with van der Waals surface area (Å²) in [4.78, 5) is 2.28. The van der Waals surface area contributed by atoms with Gasteiger partial charge >= 0.3 is 0 Å². The van der Waals surface area contributed by atoms with Crippen LogP contribution in [0.2, 0.25) is 0 Å². The van der Waals surface area contributed by atoms with Gasteiger partial charge in [0.25, 0.3) is 0 Å². The number of aromatic hydroxyl groups is 1. The van der Waals surface area contributed by atoms with Crippen molar-refractivity contribution in [1.29, 1.82) is 0 Å². The van der Waals surface area contributed by atoms with Gasteiger partial charge < -0.3 is 19.4 Å². The topological polar surface area (TPSA) is 35.9 Å². The van der Waals surface area contributed by atoms with Crippen molar-refractivity contribution in [3.63, 3.8) is 0 Å². The molecule has 0 aliphatic carbocycles. The molecule has 0 amide bonds. The maximum atomic E-state index is 10.1. The van der Waals surface area contributed by atoms with E-state index in [1.165, 1.54) is 11.3 Å².